The molecule has 0 saturated heterocycles. The molecule has 2 aromatic rings. The van der Waals surface area contributed by atoms with Gasteiger partial charge in [-0.1, -0.05) is 12.1 Å². The number of benzene rings is 1. The lowest BCUT2D eigenvalue weighted by Crippen LogP contribution is -2.34. The first-order valence-electron chi connectivity index (χ1n) is 6.34. The number of aromatic nitrogens is 2. The van der Waals surface area contributed by atoms with E-state index in [1.807, 2.05) is 6.07 Å². The number of aryl methyl sites for hydroxylation is 1. The average Bonchev–Trinajstić information content (AvgIpc) is 2.50. The predicted octanol–water partition coefficient (Wildman–Crippen LogP) is 0.911. The molecule has 8 heteroatoms. The molecule has 1 heterocycles. The van der Waals surface area contributed by atoms with Gasteiger partial charge in [0.15, 0.2) is 0 Å². The van der Waals surface area contributed by atoms with Gasteiger partial charge >= 0.3 is 0 Å². The molecule has 2 amide bonds. The summed E-state index contributed by atoms with van der Waals surface area (Å²) < 4.78 is 1.80. The Labute approximate surface area is 134 Å². The number of para-hydroxylation sites is 1. The molecule has 0 atom stereocenters. The van der Waals surface area contributed by atoms with E-state index in [0.29, 0.717) is 5.69 Å². The van der Waals surface area contributed by atoms with E-state index < -0.39 is 5.91 Å². The van der Waals surface area contributed by atoms with Crippen LogP contribution < -0.4 is 16.2 Å². The summed E-state index contributed by atoms with van der Waals surface area (Å²) in [6, 6.07) is 9.69. The van der Waals surface area contributed by atoms with Crippen molar-refractivity contribution in [2.24, 2.45) is 7.05 Å². The molecular weight excluding hydrogens is 352 g/mol. The Bertz CT molecular complexity index is 773. The van der Waals surface area contributed by atoms with Crippen molar-refractivity contribution >= 4 is 33.4 Å². The summed E-state index contributed by atoms with van der Waals surface area (Å²) in [6.07, 6.45) is 0. The Balaban J connectivity index is 1.93. The third-order valence-corrected chi connectivity index (χ3v) is 3.44. The van der Waals surface area contributed by atoms with Crippen LogP contribution in [0.3, 0.4) is 0 Å². The van der Waals surface area contributed by atoms with Crippen LogP contribution in [-0.4, -0.2) is 28.1 Å². The highest BCUT2D eigenvalue weighted by Gasteiger charge is 2.11. The Morgan fingerprint density at radius 2 is 1.95 bits per heavy atom. The van der Waals surface area contributed by atoms with Crippen molar-refractivity contribution < 1.29 is 9.59 Å². The maximum atomic E-state index is 11.9. The summed E-state index contributed by atoms with van der Waals surface area (Å²) in [4.78, 5) is 34.8. The smallest absolute Gasteiger partial charge is 0.272 e. The van der Waals surface area contributed by atoms with Crippen molar-refractivity contribution in [2.45, 2.75) is 0 Å². The summed E-state index contributed by atoms with van der Waals surface area (Å²) in [5.41, 5.74) is 0.362. The van der Waals surface area contributed by atoms with Gasteiger partial charge in [-0.2, -0.15) is 5.10 Å². The van der Waals surface area contributed by atoms with E-state index in [0.717, 1.165) is 9.15 Å². The normalized spacial score (nSPS) is 10.1. The van der Waals surface area contributed by atoms with Gasteiger partial charge in [-0.05, 0) is 34.1 Å². The standard InChI is InChI=1S/C14H13BrN4O3/c1-19-13(21)7-6-11(18-19)14(22)16-8-12(20)17-10-5-3-2-4-9(10)15/h2-7H,8H2,1H3,(H,16,22)(H,17,20). The van der Waals surface area contributed by atoms with Gasteiger partial charge in [-0.3, -0.25) is 14.4 Å². The van der Waals surface area contributed by atoms with Crippen molar-refractivity contribution in [1.29, 1.82) is 0 Å². The fourth-order valence-corrected chi connectivity index (χ4v) is 2.02. The second-order valence-electron chi connectivity index (χ2n) is 4.39. The fourth-order valence-electron chi connectivity index (χ4n) is 1.63. The molecule has 7 nitrogen and oxygen atoms in total. The zero-order chi connectivity index (χ0) is 16.1. The number of nitrogens with one attached hydrogen (secondary N) is 2. The Kier molecular flexibility index (Phi) is 5.05. The molecule has 0 aliphatic carbocycles. The molecule has 0 unspecified atom stereocenters. The Morgan fingerprint density at radius 1 is 1.23 bits per heavy atom. The van der Waals surface area contributed by atoms with E-state index in [4.69, 9.17) is 0 Å². The zero-order valence-electron chi connectivity index (χ0n) is 11.7. The minimum atomic E-state index is -0.530. The van der Waals surface area contributed by atoms with Gasteiger partial charge in [0.2, 0.25) is 5.91 Å². The van der Waals surface area contributed by atoms with Crippen LogP contribution in [0.2, 0.25) is 0 Å². The van der Waals surface area contributed by atoms with Crippen LogP contribution in [0.1, 0.15) is 10.5 Å². The highest BCUT2D eigenvalue weighted by Crippen LogP contribution is 2.20. The second kappa shape index (κ2) is 6.99. The first kappa shape index (κ1) is 15.9. The molecule has 0 radical (unpaired) electrons. The third-order valence-electron chi connectivity index (χ3n) is 2.75. The topological polar surface area (TPSA) is 93.1 Å². The van der Waals surface area contributed by atoms with Gasteiger partial charge in [-0.25, -0.2) is 4.68 Å². The van der Waals surface area contributed by atoms with Crippen molar-refractivity contribution in [3.63, 3.8) is 0 Å². The molecule has 1 aromatic carbocycles. The van der Waals surface area contributed by atoms with Crippen LogP contribution in [0.4, 0.5) is 5.69 Å². The quantitative estimate of drug-likeness (QED) is 0.843. The van der Waals surface area contributed by atoms with E-state index in [9.17, 15) is 14.4 Å². The summed E-state index contributed by atoms with van der Waals surface area (Å²) in [5.74, 6) is -0.900. The first-order valence-corrected chi connectivity index (χ1v) is 7.13. The highest BCUT2D eigenvalue weighted by atomic mass is 79.9. The lowest BCUT2D eigenvalue weighted by atomic mass is 10.3. The van der Waals surface area contributed by atoms with Gasteiger partial charge in [0, 0.05) is 17.6 Å². The van der Waals surface area contributed by atoms with Crippen LogP contribution in [-0.2, 0) is 11.8 Å². The molecule has 0 bridgehead atoms. The van der Waals surface area contributed by atoms with Gasteiger partial charge in [0.1, 0.15) is 5.69 Å². The van der Waals surface area contributed by atoms with Crippen molar-refractivity contribution in [1.82, 2.24) is 15.1 Å². The zero-order valence-corrected chi connectivity index (χ0v) is 13.3. The maximum absolute atomic E-state index is 11.9. The molecule has 0 aliphatic rings. The van der Waals surface area contributed by atoms with E-state index in [1.165, 1.54) is 19.2 Å². The Hall–Kier alpha value is -2.48. The predicted molar refractivity (Wildman–Crippen MR) is 84.6 cm³/mol. The molecule has 0 spiro atoms. The summed E-state index contributed by atoms with van der Waals surface area (Å²) in [5, 5.41) is 8.90. The van der Waals surface area contributed by atoms with E-state index in [-0.39, 0.29) is 23.7 Å². The highest BCUT2D eigenvalue weighted by molar-refractivity contribution is 9.10. The molecule has 22 heavy (non-hydrogen) atoms. The fraction of sp³-hybridized carbons (Fsp3) is 0.143. The van der Waals surface area contributed by atoms with Gasteiger partial charge < -0.3 is 10.6 Å². The van der Waals surface area contributed by atoms with Crippen molar-refractivity contribution in [3.05, 3.63) is 56.9 Å². The largest absolute Gasteiger partial charge is 0.342 e. The molecule has 0 fully saturated rings. The molecular formula is C14H13BrN4O3. The summed E-state index contributed by atoms with van der Waals surface area (Å²) >= 11 is 3.31. The molecule has 114 valence electrons. The van der Waals surface area contributed by atoms with E-state index in [2.05, 4.69) is 31.7 Å². The van der Waals surface area contributed by atoms with Gasteiger partial charge in [0.05, 0.1) is 12.2 Å². The average molecular weight is 365 g/mol. The summed E-state index contributed by atoms with van der Waals surface area (Å²) in [7, 11) is 1.44. The number of nitrogens with zero attached hydrogens (tertiary/aromatic N) is 2. The van der Waals surface area contributed by atoms with Crippen LogP contribution >= 0.6 is 15.9 Å². The van der Waals surface area contributed by atoms with Crippen LogP contribution in [0.5, 0.6) is 0 Å². The number of anilines is 1. The number of hydrogen-bond acceptors (Lipinski definition) is 4. The van der Waals surface area contributed by atoms with Gasteiger partial charge in [0.25, 0.3) is 11.5 Å². The van der Waals surface area contributed by atoms with Crippen molar-refractivity contribution in [3.8, 4) is 0 Å². The van der Waals surface area contributed by atoms with Crippen LogP contribution in [0, 0.1) is 0 Å². The number of carbonyl (C=O) groups excluding carboxylic acids is 2. The molecule has 0 aliphatic heterocycles. The maximum Gasteiger partial charge on any atom is 0.272 e. The number of hydrogen-bond donors (Lipinski definition) is 2. The minimum absolute atomic E-state index is 0.0655. The number of amides is 2. The van der Waals surface area contributed by atoms with Crippen LogP contribution in [0.15, 0.2) is 45.7 Å². The van der Waals surface area contributed by atoms with E-state index >= 15 is 0 Å². The third kappa shape index (κ3) is 4.01. The lowest BCUT2D eigenvalue weighted by Gasteiger charge is -2.08. The molecule has 2 rings (SSSR count). The monoisotopic (exact) mass is 364 g/mol. The number of carbonyl (C=O) groups is 2. The minimum Gasteiger partial charge on any atom is -0.342 e. The number of halogens is 1. The van der Waals surface area contributed by atoms with Gasteiger partial charge in [-0.15, -0.1) is 0 Å². The summed E-state index contributed by atoms with van der Waals surface area (Å²) in [6.45, 7) is -0.204. The number of rotatable bonds is 4. The SMILES string of the molecule is Cn1nc(C(=O)NCC(=O)Nc2ccccc2Br)ccc1=O. The lowest BCUT2D eigenvalue weighted by molar-refractivity contribution is -0.115. The van der Waals surface area contributed by atoms with Crippen LogP contribution in [0.25, 0.3) is 0 Å². The second-order valence-corrected chi connectivity index (χ2v) is 5.25. The Morgan fingerprint density at radius 3 is 2.64 bits per heavy atom. The molecule has 2 N–H and O–H groups in total. The van der Waals surface area contributed by atoms with Crippen molar-refractivity contribution in [2.75, 3.05) is 11.9 Å². The first-order chi connectivity index (χ1) is 10.5. The van der Waals surface area contributed by atoms with E-state index in [1.54, 1.807) is 18.2 Å². The molecule has 0 saturated carbocycles. The molecule has 1 aromatic heterocycles.